The molecule has 6 aromatic carbocycles. The summed E-state index contributed by atoms with van der Waals surface area (Å²) < 4.78 is 0. The van der Waals surface area contributed by atoms with Gasteiger partial charge in [-0.05, 0) is 59.7 Å². The summed E-state index contributed by atoms with van der Waals surface area (Å²) in [6, 6.07) is 31.7. The third-order valence-corrected chi connectivity index (χ3v) is 9.01. The Labute approximate surface area is 346 Å². The molecule has 0 heterocycles. The number of nitrogen functional groups attached to an aromatic ring is 1. The molecular weight excluding hydrogens is 791 g/mol. The van der Waals surface area contributed by atoms with Gasteiger partial charge < -0.3 is 51.7 Å². The van der Waals surface area contributed by atoms with Crippen molar-refractivity contribution in [2.24, 2.45) is 0 Å². The van der Waals surface area contributed by atoms with E-state index in [-0.39, 0.29) is 74.8 Å². The van der Waals surface area contributed by atoms with Crippen LogP contribution >= 0.6 is 0 Å². The number of hydrogen-bond acceptors (Lipinski definition) is 14. The Morgan fingerprint density at radius 2 is 0.787 bits per heavy atom. The summed E-state index contributed by atoms with van der Waals surface area (Å²) in [5, 5.41) is 71.5. The van der Waals surface area contributed by atoms with E-state index in [1.54, 1.807) is 91.0 Å². The van der Waals surface area contributed by atoms with E-state index in [1.165, 1.54) is 30.3 Å². The number of carboxylic acids is 2. The number of aliphatic carboxylic acids is 2. The van der Waals surface area contributed by atoms with Gasteiger partial charge in [0, 0.05) is 33.6 Å². The molecule has 0 bridgehead atoms. The number of aromatic hydroxyl groups is 3. The summed E-state index contributed by atoms with van der Waals surface area (Å²) in [5.41, 5.74) is 9.41. The number of carbonyl (C=O) groups is 6. The standard InChI is InChI=1S/C22H15NO5.C14H8O4.C8H9NO2.BH3O3/c24-17-10-9-16(23-13-7-5-12(6-8-13)11-18(25)26)19-20(17)22(28)15-4-2-1-3-14(15)21(19)27;15-9-5-6-10(16)12-11(9)13(17)7-3-1-2-4-8(7)14(12)18;9-7-3-1-6(2-4-7)5-8(10)11;2-1(3)4/h1-10,23-24H,11H2,(H,25,26);1-6,15-16H;1-4H,5,9H2,(H,10,11);2-4H. The van der Waals surface area contributed by atoms with Crippen LogP contribution in [0.4, 0.5) is 17.1 Å². The number of anilines is 3. The van der Waals surface area contributed by atoms with E-state index in [4.69, 9.17) is 31.0 Å². The maximum atomic E-state index is 13.0. The first-order valence-electron chi connectivity index (χ1n) is 17.9. The number of ketones is 4. The van der Waals surface area contributed by atoms with Crippen molar-refractivity contribution < 1.29 is 69.4 Å². The quantitative estimate of drug-likeness (QED) is 0.0636. The average molecular weight is 827 g/mol. The van der Waals surface area contributed by atoms with Gasteiger partial charge in [0.1, 0.15) is 17.2 Å². The molecule has 2 aliphatic carbocycles. The van der Waals surface area contributed by atoms with Crippen molar-refractivity contribution in [3.05, 3.63) is 177 Å². The third kappa shape index (κ3) is 10.3. The van der Waals surface area contributed by atoms with E-state index in [0.29, 0.717) is 28.2 Å². The largest absolute Gasteiger partial charge is 0.631 e. The van der Waals surface area contributed by atoms with Gasteiger partial charge in [0.2, 0.25) is 0 Å². The van der Waals surface area contributed by atoms with Gasteiger partial charge in [-0.1, -0.05) is 72.8 Å². The fraction of sp³-hybridized carbons (Fsp3) is 0.0455. The molecule has 0 spiro atoms. The zero-order chi connectivity index (χ0) is 44.5. The topological polar surface area (TPSA) is 302 Å². The third-order valence-electron chi connectivity index (χ3n) is 9.01. The van der Waals surface area contributed by atoms with Crippen molar-refractivity contribution in [3.8, 4) is 17.2 Å². The van der Waals surface area contributed by atoms with E-state index in [1.807, 2.05) is 0 Å². The first-order valence-corrected chi connectivity index (χ1v) is 17.9. The molecule has 61 heavy (non-hydrogen) atoms. The fourth-order valence-corrected chi connectivity index (χ4v) is 6.34. The molecule has 0 amide bonds. The zero-order valence-electron chi connectivity index (χ0n) is 31.6. The second-order valence-electron chi connectivity index (χ2n) is 13.2. The number of benzene rings is 6. The summed E-state index contributed by atoms with van der Waals surface area (Å²) in [6.45, 7) is 0. The molecule has 16 nitrogen and oxygen atoms in total. The number of carbonyl (C=O) groups excluding carboxylic acids is 4. The van der Waals surface area contributed by atoms with Crippen LogP contribution in [0.3, 0.4) is 0 Å². The Morgan fingerprint density at radius 1 is 0.475 bits per heavy atom. The molecule has 0 atom stereocenters. The van der Waals surface area contributed by atoms with Crippen molar-refractivity contribution in [1.82, 2.24) is 0 Å². The van der Waals surface area contributed by atoms with Crippen LogP contribution in [0, 0.1) is 0 Å². The van der Waals surface area contributed by atoms with Gasteiger partial charge in [-0.3, -0.25) is 28.8 Å². The molecule has 11 N–H and O–H groups in total. The molecular formula is C44H35BN2O14. The predicted molar refractivity (Wildman–Crippen MR) is 220 cm³/mol. The lowest BCUT2D eigenvalue weighted by Crippen LogP contribution is -2.22. The minimum Gasteiger partial charge on any atom is -0.507 e. The number of rotatable bonds is 6. The van der Waals surface area contributed by atoms with Gasteiger partial charge >= 0.3 is 19.3 Å². The van der Waals surface area contributed by atoms with Gasteiger partial charge in [-0.25, -0.2) is 0 Å². The van der Waals surface area contributed by atoms with Gasteiger partial charge in [0.25, 0.3) is 0 Å². The molecule has 308 valence electrons. The normalized spacial score (nSPS) is 11.7. The number of hydrogen-bond donors (Lipinski definition) is 10. The van der Waals surface area contributed by atoms with Crippen LogP contribution in [0.2, 0.25) is 0 Å². The maximum absolute atomic E-state index is 13.0. The highest BCUT2D eigenvalue weighted by molar-refractivity contribution is 6.32. The first-order chi connectivity index (χ1) is 29.0. The summed E-state index contributed by atoms with van der Waals surface area (Å²) in [6.07, 6.45) is -0.0288. The van der Waals surface area contributed by atoms with Crippen LogP contribution in [-0.4, -0.2) is 83.0 Å². The summed E-state index contributed by atoms with van der Waals surface area (Å²) >= 11 is 0. The highest BCUT2D eigenvalue weighted by atomic mass is 16.5. The fourth-order valence-electron chi connectivity index (χ4n) is 6.34. The molecule has 17 heteroatoms. The maximum Gasteiger partial charge on any atom is 0.631 e. The van der Waals surface area contributed by atoms with E-state index in [2.05, 4.69) is 5.32 Å². The number of nitrogens with one attached hydrogen (secondary N) is 1. The highest BCUT2D eigenvalue weighted by Gasteiger charge is 2.35. The molecule has 8 rings (SSSR count). The Bertz CT molecular complexity index is 2620. The first kappa shape index (κ1) is 44.0. The van der Waals surface area contributed by atoms with Gasteiger partial charge in [-0.2, -0.15) is 0 Å². The molecule has 0 aliphatic heterocycles. The molecule has 6 aromatic rings. The van der Waals surface area contributed by atoms with Crippen LogP contribution < -0.4 is 11.1 Å². The lowest BCUT2D eigenvalue weighted by Gasteiger charge is -2.21. The number of phenolic OH excluding ortho intramolecular Hbond substituents is 3. The Morgan fingerprint density at radius 3 is 1.15 bits per heavy atom. The predicted octanol–water partition coefficient (Wildman–Crippen LogP) is 4.26. The van der Waals surface area contributed by atoms with E-state index < -0.39 is 36.6 Å². The van der Waals surface area contributed by atoms with Crippen LogP contribution in [0.5, 0.6) is 17.2 Å². The minimum atomic E-state index is -2.17. The number of carboxylic acid groups (broad SMARTS) is 2. The Kier molecular flexibility index (Phi) is 13.8. The average Bonchev–Trinajstić information content (AvgIpc) is 3.22. The van der Waals surface area contributed by atoms with Crippen molar-refractivity contribution in [2.75, 3.05) is 11.1 Å². The lowest BCUT2D eigenvalue weighted by molar-refractivity contribution is -0.137. The summed E-state index contributed by atoms with van der Waals surface area (Å²) in [5.74, 6) is -4.22. The van der Waals surface area contributed by atoms with E-state index >= 15 is 0 Å². The molecule has 0 saturated heterocycles. The zero-order valence-corrected chi connectivity index (χ0v) is 31.6. The molecule has 0 radical (unpaired) electrons. The van der Waals surface area contributed by atoms with Crippen LogP contribution in [0.15, 0.2) is 121 Å². The molecule has 0 unspecified atom stereocenters. The van der Waals surface area contributed by atoms with E-state index in [9.17, 15) is 44.1 Å². The van der Waals surface area contributed by atoms with Gasteiger partial charge in [0.05, 0.1) is 40.8 Å². The number of fused-ring (bicyclic) bond motifs is 4. The number of nitrogens with two attached hydrogens (primary N) is 1. The van der Waals surface area contributed by atoms with Crippen molar-refractivity contribution >= 4 is 59.5 Å². The van der Waals surface area contributed by atoms with Crippen molar-refractivity contribution in [2.45, 2.75) is 12.8 Å². The molecule has 2 aliphatic rings. The Balaban J connectivity index is 0.000000182. The minimum absolute atomic E-state index is 0.0174. The Hall–Kier alpha value is -8.12. The van der Waals surface area contributed by atoms with Crippen LogP contribution in [0.25, 0.3) is 0 Å². The van der Waals surface area contributed by atoms with Crippen LogP contribution in [-0.2, 0) is 22.4 Å². The SMILES string of the molecule is Nc1ccc(CC(=O)O)cc1.O=C(O)Cc1ccc(Nc2ccc(O)c3c2C(=O)c2ccccc2C3=O)cc1.O=C1c2ccccc2C(=O)c2c(O)ccc(O)c21.OB(O)O. The van der Waals surface area contributed by atoms with E-state index in [0.717, 1.165) is 5.56 Å². The van der Waals surface area contributed by atoms with Crippen LogP contribution in [0.1, 0.15) is 74.8 Å². The molecule has 0 aromatic heterocycles. The second-order valence-corrected chi connectivity index (χ2v) is 13.2. The smallest absolute Gasteiger partial charge is 0.507 e. The summed E-state index contributed by atoms with van der Waals surface area (Å²) in [4.78, 5) is 71.3. The highest BCUT2D eigenvalue weighted by Crippen LogP contribution is 2.39. The second kappa shape index (κ2) is 19.1. The van der Waals surface area contributed by atoms with Gasteiger partial charge in [-0.15, -0.1) is 0 Å². The monoisotopic (exact) mass is 826 g/mol. The number of phenols is 3. The molecule has 0 fully saturated rings. The van der Waals surface area contributed by atoms with Gasteiger partial charge in [0.15, 0.2) is 23.1 Å². The lowest BCUT2D eigenvalue weighted by atomic mass is 9.82. The van der Waals surface area contributed by atoms with Crippen molar-refractivity contribution in [3.63, 3.8) is 0 Å². The summed E-state index contributed by atoms with van der Waals surface area (Å²) in [7, 11) is -2.17. The molecule has 0 saturated carbocycles. The van der Waals surface area contributed by atoms with Crippen molar-refractivity contribution in [1.29, 1.82) is 0 Å².